The summed E-state index contributed by atoms with van der Waals surface area (Å²) >= 11 is 2.31. The number of fused-ring (bicyclic) bond motifs is 1. The smallest absolute Gasteiger partial charge is 0.323 e. The Morgan fingerprint density at radius 2 is 2.31 bits per heavy atom. The first-order valence-electron chi connectivity index (χ1n) is 4.80. The molecule has 1 aliphatic heterocycles. The second-order valence-corrected chi connectivity index (χ2v) is 4.70. The molecule has 1 unspecified atom stereocenters. The fourth-order valence-electron chi connectivity index (χ4n) is 1.82. The summed E-state index contributed by atoms with van der Waals surface area (Å²) in [6.45, 7) is 0.742. The molecule has 88 valence electrons. The van der Waals surface area contributed by atoms with Crippen molar-refractivity contribution in [1.82, 2.24) is 5.32 Å². The van der Waals surface area contributed by atoms with E-state index in [1.54, 1.807) is 0 Å². The molecule has 1 aromatic rings. The number of carbonyl (C=O) groups excluding carboxylic acids is 1. The molecule has 3 nitrogen and oxygen atoms in total. The number of nitrogens with one attached hydrogen (secondary N) is 1. The second-order valence-electron chi connectivity index (χ2n) is 3.54. The van der Waals surface area contributed by atoms with Gasteiger partial charge in [-0.1, -0.05) is 12.1 Å². The van der Waals surface area contributed by atoms with Crippen molar-refractivity contribution in [2.24, 2.45) is 0 Å². The molecular weight excluding hydrogens is 340 g/mol. The molecule has 1 heterocycles. The van der Waals surface area contributed by atoms with Crippen LogP contribution in [0, 0.1) is 3.57 Å². The lowest BCUT2D eigenvalue weighted by Crippen LogP contribution is -2.42. The minimum atomic E-state index is -0.196. The summed E-state index contributed by atoms with van der Waals surface area (Å²) < 4.78 is 5.96. The van der Waals surface area contributed by atoms with Crippen molar-refractivity contribution in [3.05, 3.63) is 32.9 Å². The maximum Gasteiger partial charge on any atom is 0.323 e. The number of hydrogen-bond acceptors (Lipinski definition) is 3. The van der Waals surface area contributed by atoms with E-state index in [0.717, 1.165) is 13.0 Å². The van der Waals surface area contributed by atoms with Crippen LogP contribution in [0.25, 0.3) is 0 Å². The van der Waals surface area contributed by atoms with E-state index < -0.39 is 0 Å². The zero-order valence-corrected chi connectivity index (χ0v) is 11.8. The number of methoxy groups -OCH3 is 1. The van der Waals surface area contributed by atoms with Crippen LogP contribution in [0.3, 0.4) is 0 Å². The van der Waals surface area contributed by atoms with Crippen molar-refractivity contribution >= 4 is 41.0 Å². The van der Waals surface area contributed by atoms with Crippen LogP contribution in [0.1, 0.15) is 11.1 Å². The number of esters is 1. The average Bonchev–Trinajstić information content (AvgIpc) is 2.28. The quantitative estimate of drug-likeness (QED) is 0.619. The van der Waals surface area contributed by atoms with Crippen LogP contribution in [0.4, 0.5) is 0 Å². The molecule has 0 saturated carbocycles. The van der Waals surface area contributed by atoms with E-state index in [1.165, 1.54) is 21.8 Å². The highest BCUT2D eigenvalue weighted by Crippen LogP contribution is 2.22. The number of benzene rings is 1. The lowest BCUT2D eigenvalue weighted by atomic mass is 9.96. The number of ether oxygens (including phenoxy) is 1. The van der Waals surface area contributed by atoms with Gasteiger partial charge < -0.3 is 10.1 Å². The monoisotopic (exact) mass is 353 g/mol. The molecule has 0 radical (unpaired) electrons. The standard InChI is InChI=1S/C11H12INO2.ClH/c1-15-11(14)10-5-8-7(6-13-10)3-2-4-9(8)12;/h2-4,10,13H,5-6H2,1H3;1H. The van der Waals surface area contributed by atoms with Crippen LogP contribution in [-0.4, -0.2) is 19.1 Å². The summed E-state index contributed by atoms with van der Waals surface area (Å²) in [6, 6.07) is 6.01. The Labute approximate surface area is 114 Å². The van der Waals surface area contributed by atoms with Crippen molar-refractivity contribution in [1.29, 1.82) is 0 Å². The van der Waals surface area contributed by atoms with Crippen molar-refractivity contribution in [3.63, 3.8) is 0 Å². The summed E-state index contributed by atoms with van der Waals surface area (Å²) in [6.07, 6.45) is 0.723. The highest BCUT2D eigenvalue weighted by atomic mass is 127. The van der Waals surface area contributed by atoms with Gasteiger partial charge in [0, 0.05) is 10.1 Å². The summed E-state index contributed by atoms with van der Waals surface area (Å²) in [4.78, 5) is 11.4. The van der Waals surface area contributed by atoms with Crippen molar-refractivity contribution in [2.45, 2.75) is 19.0 Å². The van der Waals surface area contributed by atoms with Crippen molar-refractivity contribution in [3.8, 4) is 0 Å². The third-order valence-electron chi connectivity index (χ3n) is 2.65. The number of carbonyl (C=O) groups is 1. The van der Waals surface area contributed by atoms with Crippen LogP contribution >= 0.6 is 35.0 Å². The van der Waals surface area contributed by atoms with Crippen LogP contribution < -0.4 is 5.32 Å². The first-order valence-corrected chi connectivity index (χ1v) is 5.87. The van der Waals surface area contributed by atoms with Gasteiger partial charge in [0.05, 0.1) is 7.11 Å². The Hall–Kier alpha value is -0.330. The topological polar surface area (TPSA) is 38.3 Å². The van der Waals surface area contributed by atoms with E-state index in [0.29, 0.717) is 0 Å². The van der Waals surface area contributed by atoms with Gasteiger partial charge in [-0.3, -0.25) is 4.79 Å². The predicted molar refractivity (Wildman–Crippen MR) is 72.8 cm³/mol. The molecule has 5 heteroatoms. The minimum absolute atomic E-state index is 0. The first kappa shape index (κ1) is 13.7. The molecule has 0 fully saturated rings. The highest BCUT2D eigenvalue weighted by molar-refractivity contribution is 14.1. The van der Waals surface area contributed by atoms with Gasteiger partial charge in [-0.2, -0.15) is 0 Å². The Morgan fingerprint density at radius 3 is 3.00 bits per heavy atom. The van der Waals surface area contributed by atoms with E-state index >= 15 is 0 Å². The normalized spacial score (nSPS) is 18.2. The molecule has 16 heavy (non-hydrogen) atoms. The molecule has 1 aliphatic rings. The molecule has 0 spiro atoms. The van der Waals surface area contributed by atoms with Gasteiger partial charge in [0.15, 0.2) is 0 Å². The third-order valence-corrected chi connectivity index (χ3v) is 3.66. The third kappa shape index (κ3) is 2.67. The number of halogens is 2. The van der Waals surface area contributed by atoms with Gasteiger partial charge in [0.2, 0.25) is 0 Å². The summed E-state index contributed by atoms with van der Waals surface area (Å²) in [5.74, 6) is -0.180. The van der Waals surface area contributed by atoms with Crippen molar-refractivity contribution in [2.75, 3.05) is 7.11 Å². The molecule has 0 amide bonds. The lowest BCUT2D eigenvalue weighted by molar-refractivity contribution is -0.143. The molecule has 0 bridgehead atoms. The summed E-state index contributed by atoms with van der Waals surface area (Å²) in [5, 5.41) is 3.18. The van der Waals surface area contributed by atoms with Crippen LogP contribution in [0.2, 0.25) is 0 Å². The lowest BCUT2D eigenvalue weighted by Gasteiger charge is -2.24. The Balaban J connectivity index is 0.00000128. The maximum absolute atomic E-state index is 11.4. The van der Waals surface area contributed by atoms with Crippen LogP contribution in [0.5, 0.6) is 0 Å². The SMILES string of the molecule is COC(=O)C1Cc2c(I)cccc2CN1.Cl. The summed E-state index contributed by atoms with van der Waals surface area (Å²) in [7, 11) is 1.43. The van der Waals surface area contributed by atoms with Gasteiger partial charge in [-0.05, 0) is 46.2 Å². The van der Waals surface area contributed by atoms with E-state index in [4.69, 9.17) is 4.74 Å². The molecule has 1 atom stereocenters. The Morgan fingerprint density at radius 1 is 1.56 bits per heavy atom. The predicted octanol–water partition coefficient (Wildman–Crippen LogP) is 1.90. The molecular formula is C11H13ClINO2. The zero-order chi connectivity index (χ0) is 10.8. The second kappa shape index (κ2) is 5.84. The molecule has 0 aromatic heterocycles. The zero-order valence-electron chi connectivity index (χ0n) is 8.83. The molecule has 1 N–H and O–H groups in total. The molecule has 1 aromatic carbocycles. The largest absolute Gasteiger partial charge is 0.468 e. The van der Waals surface area contributed by atoms with Gasteiger partial charge >= 0.3 is 5.97 Å². The van der Waals surface area contributed by atoms with Crippen molar-refractivity contribution < 1.29 is 9.53 Å². The highest BCUT2D eigenvalue weighted by Gasteiger charge is 2.25. The molecule has 0 aliphatic carbocycles. The molecule has 2 rings (SSSR count). The van der Waals surface area contributed by atoms with E-state index in [2.05, 4.69) is 40.0 Å². The Kier molecular flexibility index (Phi) is 5.01. The van der Waals surface area contributed by atoms with Gasteiger partial charge in [0.1, 0.15) is 6.04 Å². The first-order chi connectivity index (χ1) is 7.22. The van der Waals surface area contributed by atoms with E-state index in [1.807, 2.05) is 6.07 Å². The van der Waals surface area contributed by atoms with Gasteiger partial charge in [-0.25, -0.2) is 0 Å². The number of rotatable bonds is 1. The number of hydrogen-bond donors (Lipinski definition) is 1. The average molecular weight is 354 g/mol. The van der Waals surface area contributed by atoms with Gasteiger partial charge in [-0.15, -0.1) is 12.4 Å². The van der Waals surface area contributed by atoms with Crippen LogP contribution in [0.15, 0.2) is 18.2 Å². The fraction of sp³-hybridized carbons (Fsp3) is 0.364. The minimum Gasteiger partial charge on any atom is -0.468 e. The van der Waals surface area contributed by atoms with Crippen LogP contribution in [-0.2, 0) is 22.5 Å². The van der Waals surface area contributed by atoms with E-state index in [-0.39, 0.29) is 24.4 Å². The van der Waals surface area contributed by atoms with Gasteiger partial charge in [0.25, 0.3) is 0 Å². The van der Waals surface area contributed by atoms with E-state index in [9.17, 15) is 4.79 Å². The molecule has 0 saturated heterocycles. The fourth-order valence-corrected chi connectivity index (χ4v) is 2.59. The summed E-state index contributed by atoms with van der Waals surface area (Å²) in [5.41, 5.74) is 2.55. The Bertz CT molecular complexity index is 398. The maximum atomic E-state index is 11.4.